The molecule has 0 saturated carbocycles. The number of hydrogen-bond donors (Lipinski definition) is 1. The van der Waals surface area contributed by atoms with E-state index in [1.54, 1.807) is 6.33 Å². The van der Waals surface area contributed by atoms with Crippen molar-refractivity contribution in [3.8, 4) is 0 Å². The molecule has 4 heteroatoms. The van der Waals surface area contributed by atoms with Gasteiger partial charge in [0, 0.05) is 19.0 Å². The van der Waals surface area contributed by atoms with Crippen LogP contribution in [0.25, 0.3) is 0 Å². The number of hydrogen-bond acceptors (Lipinski definition) is 3. The summed E-state index contributed by atoms with van der Waals surface area (Å²) in [4.78, 5) is 4.26. The average Bonchev–Trinajstić information content (AvgIpc) is 2.52. The summed E-state index contributed by atoms with van der Waals surface area (Å²) >= 11 is 0. The lowest BCUT2D eigenvalue weighted by Crippen LogP contribution is -2.25. The molecule has 86 valence electrons. The molecule has 0 radical (unpaired) electrons. The van der Waals surface area contributed by atoms with Crippen LogP contribution in [-0.4, -0.2) is 20.8 Å². The third-order valence-corrected chi connectivity index (χ3v) is 2.34. The third-order valence-electron chi connectivity index (χ3n) is 2.34. The molecule has 1 rings (SSSR count). The molecule has 2 N–H and O–H groups in total. The zero-order chi connectivity index (χ0) is 11.3. The summed E-state index contributed by atoms with van der Waals surface area (Å²) in [6.45, 7) is 7.43. The summed E-state index contributed by atoms with van der Waals surface area (Å²) < 4.78 is 1.97. The first kappa shape index (κ1) is 12.2. The molecule has 0 aliphatic rings. The first-order chi connectivity index (χ1) is 7.13. The minimum Gasteiger partial charge on any atom is -0.327 e. The van der Waals surface area contributed by atoms with Gasteiger partial charge in [0.2, 0.25) is 0 Å². The number of aromatic nitrogens is 3. The highest BCUT2D eigenvalue weighted by Gasteiger charge is 2.10. The normalized spacial score (nSPS) is 13.4. The van der Waals surface area contributed by atoms with Crippen LogP contribution < -0.4 is 5.73 Å². The third kappa shape index (κ3) is 4.00. The second kappa shape index (κ2) is 5.85. The van der Waals surface area contributed by atoms with Gasteiger partial charge in [0.25, 0.3) is 0 Å². The van der Waals surface area contributed by atoms with Crippen molar-refractivity contribution in [1.82, 2.24) is 14.8 Å². The van der Waals surface area contributed by atoms with Gasteiger partial charge in [-0.05, 0) is 12.3 Å². The molecular weight excluding hydrogens is 188 g/mol. The number of nitrogens with two attached hydrogens (primary N) is 1. The Morgan fingerprint density at radius 1 is 1.47 bits per heavy atom. The van der Waals surface area contributed by atoms with Gasteiger partial charge in [-0.3, -0.25) is 0 Å². The Labute approximate surface area is 91.9 Å². The molecule has 1 atom stereocenters. The van der Waals surface area contributed by atoms with Crippen molar-refractivity contribution < 1.29 is 0 Å². The molecule has 1 unspecified atom stereocenters. The summed E-state index contributed by atoms with van der Waals surface area (Å²) in [7, 11) is 0. The van der Waals surface area contributed by atoms with Crippen LogP contribution in [-0.2, 0) is 13.0 Å². The average molecular weight is 210 g/mol. The van der Waals surface area contributed by atoms with Gasteiger partial charge in [0.15, 0.2) is 0 Å². The van der Waals surface area contributed by atoms with Gasteiger partial charge >= 0.3 is 0 Å². The van der Waals surface area contributed by atoms with E-state index in [1.807, 2.05) is 4.68 Å². The molecule has 0 aliphatic carbocycles. The molecule has 0 fully saturated rings. The van der Waals surface area contributed by atoms with Gasteiger partial charge in [-0.25, -0.2) is 9.67 Å². The van der Waals surface area contributed by atoms with Gasteiger partial charge < -0.3 is 5.73 Å². The Hall–Kier alpha value is -0.900. The standard InChI is InChI=1S/C11H22N4/c1-4-5-10(12)6-11-13-8-14-15(11)7-9(2)3/h8-10H,4-7,12H2,1-3H3. The molecule has 0 spiro atoms. The molecule has 1 aromatic heterocycles. The monoisotopic (exact) mass is 210 g/mol. The minimum absolute atomic E-state index is 0.213. The van der Waals surface area contributed by atoms with E-state index in [9.17, 15) is 0 Å². The Morgan fingerprint density at radius 2 is 2.20 bits per heavy atom. The van der Waals surface area contributed by atoms with Gasteiger partial charge in [-0.15, -0.1) is 0 Å². The van der Waals surface area contributed by atoms with Crippen LogP contribution in [0, 0.1) is 5.92 Å². The summed E-state index contributed by atoms with van der Waals surface area (Å²) in [6, 6.07) is 0.213. The van der Waals surface area contributed by atoms with E-state index in [2.05, 4.69) is 30.9 Å². The van der Waals surface area contributed by atoms with Gasteiger partial charge in [0.05, 0.1) is 0 Å². The predicted octanol–water partition coefficient (Wildman–Crippen LogP) is 1.60. The van der Waals surface area contributed by atoms with Crippen LogP contribution in [0.2, 0.25) is 0 Å². The van der Waals surface area contributed by atoms with Crippen molar-refractivity contribution in [2.45, 2.75) is 52.6 Å². The van der Waals surface area contributed by atoms with Gasteiger partial charge in [-0.2, -0.15) is 5.10 Å². The molecule has 1 heterocycles. The maximum absolute atomic E-state index is 5.99. The lowest BCUT2D eigenvalue weighted by molar-refractivity contribution is 0.454. The van der Waals surface area contributed by atoms with Crippen LogP contribution in [0.15, 0.2) is 6.33 Å². The van der Waals surface area contributed by atoms with E-state index in [4.69, 9.17) is 5.73 Å². The SMILES string of the molecule is CCCC(N)Cc1ncnn1CC(C)C. The fourth-order valence-corrected chi connectivity index (χ4v) is 1.65. The van der Waals surface area contributed by atoms with E-state index in [1.165, 1.54) is 0 Å². The lowest BCUT2D eigenvalue weighted by Gasteiger charge is -2.12. The molecule has 0 aromatic carbocycles. The Morgan fingerprint density at radius 3 is 2.80 bits per heavy atom. The van der Waals surface area contributed by atoms with Crippen LogP contribution in [0.3, 0.4) is 0 Å². The highest BCUT2D eigenvalue weighted by molar-refractivity contribution is 4.89. The smallest absolute Gasteiger partial charge is 0.138 e. The molecule has 0 bridgehead atoms. The maximum atomic E-state index is 5.99. The van der Waals surface area contributed by atoms with Gasteiger partial charge in [0.1, 0.15) is 12.2 Å². The zero-order valence-electron chi connectivity index (χ0n) is 9.98. The fraction of sp³-hybridized carbons (Fsp3) is 0.818. The largest absolute Gasteiger partial charge is 0.327 e. The molecule has 0 amide bonds. The first-order valence-electron chi connectivity index (χ1n) is 5.75. The quantitative estimate of drug-likeness (QED) is 0.776. The van der Waals surface area contributed by atoms with Crippen molar-refractivity contribution in [3.63, 3.8) is 0 Å². The zero-order valence-corrected chi connectivity index (χ0v) is 9.98. The summed E-state index contributed by atoms with van der Waals surface area (Å²) in [5.41, 5.74) is 5.99. The second-order valence-corrected chi connectivity index (χ2v) is 4.51. The van der Waals surface area contributed by atoms with Crippen molar-refractivity contribution in [2.75, 3.05) is 0 Å². The molecule has 15 heavy (non-hydrogen) atoms. The highest BCUT2D eigenvalue weighted by atomic mass is 15.3. The highest BCUT2D eigenvalue weighted by Crippen LogP contribution is 2.05. The fourth-order valence-electron chi connectivity index (χ4n) is 1.65. The van der Waals surface area contributed by atoms with Crippen molar-refractivity contribution in [1.29, 1.82) is 0 Å². The van der Waals surface area contributed by atoms with Crippen LogP contribution in [0.4, 0.5) is 0 Å². The molecule has 1 aromatic rings. The van der Waals surface area contributed by atoms with Crippen molar-refractivity contribution in [3.05, 3.63) is 12.2 Å². The van der Waals surface area contributed by atoms with Crippen molar-refractivity contribution in [2.24, 2.45) is 11.7 Å². The summed E-state index contributed by atoms with van der Waals surface area (Å²) in [6.07, 6.45) is 4.63. The van der Waals surface area contributed by atoms with Crippen LogP contribution in [0.5, 0.6) is 0 Å². The minimum atomic E-state index is 0.213. The van der Waals surface area contributed by atoms with Crippen molar-refractivity contribution >= 4 is 0 Å². The van der Waals surface area contributed by atoms with E-state index in [0.29, 0.717) is 5.92 Å². The Bertz CT molecular complexity index is 280. The van der Waals surface area contributed by atoms with E-state index >= 15 is 0 Å². The Kier molecular flexibility index (Phi) is 4.75. The predicted molar refractivity (Wildman–Crippen MR) is 61.4 cm³/mol. The molecule has 0 saturated heterocycles. The number of rotatable bonds is 6. The Balaban J connectivity index is 2.56. The molecule has 4 nitrogen and oxygen atoms in total. The topological polar surface area (TPSA) is 56.7 Å². The van der Waals surface area contributed by atoms with Crippen LogP contribution in [0.1, 0.15) is 39.4 Å². The number of nitrogens with zero attached hydrogens (tertiary/aromatic N) is 3. The molecule has 0 aliphatic heterocycles. The van der Waals surface area contributed by atoms with E-state index < -0.39 is 0 Å². The summed E-state index contributed by atoms with van der Waals surface area (Å²) in [5, 5.41) is 4.22. The van der Waals surface area contributed by atoms with Crippen LogP contribution >= 0.6 is 0 Å². The maximum Gasteiger partial charge on any atom is 0.138 e. The second-order valence-electron chi connectivity index (χ2n) is 4.51. The van der Waals surface area contributed by atoms with E-state index in [-0.39, 0.29) is 6.04 Å². The molecular formula is C11H22N4. The summed E-state index contributed by atoms with van der Waals surface area (Å²) in [5.74, 6) is 1.61. The first-order valence-corrected chi connectivity index (χ1v) is 5.75. The van der Waals surface area contributed by atoms with E-state index in [0.717, 1.165) is 31.6 Å². The lowest BCUT2D eigenvalue weighted by atomic mass is 10.1. The van der Waals surface area contributed by atoms with Gasteiger partial charge in [-0.1, -0.05) is 27.2 Å².